The number of likely N-dealkylation sites (tertiary alicyclic amines) is 1. The number of methoxy groups -OCH3 is 1. The molecular weight excluding hydrogens is 497 g/mol. The molecule has 10 heteroatoms. The Morgan fingerprint density at radius 2 is 1.85 bits per heavy atom. The van der Waals surface area contributed by atoms with E-state index in [1.807, 2.05) is 80.8 Å². The largest absolute Gasteiger partial charge is 0.383 e. The van der Waals surface area contributed by atoms with Gasteiger partial charge in [0, 0.05) is 56.5 Å². The molecule has 0 saturated carbocycles. The first-order valence-electron chi connectivity index (χ1n) is 13.1. The molecule has 2 N–H and O–H groups in total. The number of aryl methyl sites for hydroxylation is 1. The molecule has 3 heterocycles. The number of alkyl halides is 1. The lowest BCUT2D eigenvalue weighted by atomic mass is 9.89. The zero-order chi connectivity index (χ0) is 27.4. The molecule has 1 aliphatic rings. The first-order chi connectivity index (χ1) is 19.0. The molecule has 0 radical (unpaired) electrons. The summed E-state index contributed by atoms with van der Waals surface area (Å²) >= 11 is 0. The Balaban J connectivity index is 1.44. The Bertz CT molecular complexity index is 1390. The van der Waals surface area contributed by atoms with E-state index < -0.39 is 6.67 Å². The third-order valence-corrected chi connectivity index (χ3v) is 7.32. The van der Waals surface area contributed by atoms with Crippen LogP contribution >= 0.6 is 0 Å². The van der Waals surface area contributed by atoms with Crippen molar-refractivity contribution in [2.75, 3.05) is 38.8 Å². The zero-order valence-corrected chi connectivity index (χ0v) is 22.4. The molecule has 9 nitrogen and oxygen atoms in total. The van der Waals surface area contributed by atoms with Crippen molar-refractivity contribution in [3.8, 4) is 16.9 Å². The van der Waals surface area contributed by atoms with Gasteiger partial charge in [-0.2, -0.15) is 10.2 Å². The first-order valence-corrected chi connectivity index (χ1v) is 13.1. The van der Waals surface area contributed by atoms with Crippen molar-refractivity contribution < 1.29 is 13.9 Å². The van der Waals surface area contributed by atoms with Crippen molar-refractivity contribution in [2.24, 2.45) is 7.05 Å². The summed E-state index contributed by atoms with van der Waals surface area (Å²) < 4.78 is 23.1. The standard InChI is InChI=1S/C29H34FN7O2/c1-20-27(22-17-31-35(2)18-22)34-37(23-12-8-5-9-13-23)28(20)33-29(38)32-24-19-36(14-15-39-3)25(16-30)26(24)21-10-6-4-7-11-21/h4-13,17-18,24-26H,14-16,19H2,1-3H3,(H2,32,33,38)/t24-,25-,26+/m1/s1. The van der Waals surface area contributed by atoms with Gasteiger partial charge in [-0.05, 0) is 24.6 Å². The fourth-order valence-corrected chi connectivity index (χ4v) is 5.45. The average molecular weight is 532 g/mol. The van der Waals surface area contributed by atoms with E-state index in [-0.39, 0.29) is 24.0 Å². The van der Waals surface area contributed by atoms with E-state index in [9.17, 15) is 9.18 Å². The monoisotopic (exact) mass is 531 g/mol. The third kappa shape index (κ3) is 5.57. The number of halogens is 1. The number of benzene rings is 2. The van der Waals surface area contributed by atoms with Crippen LogP contribution in [0.3, 0.4) is 0 Å². The van der Waals surface area contributed by atoms with Gasteiger partial charge in [-0.15, -0.1) is 0 Å². The number of hydrogen-bond donors (Lipinski definition) is 2. The van der Waals surface area contributed by atoms with Crippen molar-refractivity contribution in [1.82, 2.24) is 29.8 Å². The number of nitrogens with zero attached hydrogens (tertiary/aromatic N) is 5. The Morgan fingerprint density at radius 3 is 2.49 bits per heavy atom. The van der Waals surface area contributed by atoms with E-state index in [2.05, 4.69) is 20.6 Å². The fourth-order valence-electron chi connectivity index (χ4n) is 5.45. The lowest BCUT2D eigenvalue weighted by molar-refractivity contribution is 0.128. The van der Waals surface area contributed by atoms with Crippen LogP contribution in [0.1, 0.15) is 17.0 Å². The molecule has 39 heavy (non-hydrogen) atoms. The normalized spacial score (nSPS) is 19.3. The van der Waals surface area contributed by atoms with Gasteiger partial charge in [-0.3, -0.25) is 14.9 Å². The summed E-state index contributed by atoms with van der Waals surface area (Å²) in [5.74, 6) is 0.356. The number of carbonyl (C=O) groups excluding carboxylic acids is 1. The van der Waals surface area contributed by atoms with Crippen molar-refractivity contribution in [2.45, 2.75) is 24.9 Å². The number of amides is 2. The molecule has 4 aromatic rings. The molecular formula is C29H34FN7O2. The maximum absolute atomic E-state index is 14.4. The van der Waals surface area contributed by atoms with Crippen LogP contribution in [0.15, 0.2) is 73.1 Å². The van der Waals surface area contributed by atoms with E-state index in [1.165, 1.54) is 0 Å². The number of anilines is 1. The number of urea groups is 1. The molecule has 1 saturated heterocycles. The van der Waals surface area contributed by atoms with Crippen LogP contribution in [0.2, 0.25) is 0 Å². The molecule has 204 valence electrons. The highest BCUT2D eigenvalue weighted by Crippen LogP contribution is 2.35. The summed E-state index contributed by atoms with van der Waals surface area (Å²) in [7, 11) is 3.49. The number of rotatable bonds is 9. The van der Waals surface area contributed by atoms with Gasteiger partial charge in [0.15, 0.2) is 0 Å². The molecule has 0 bridgehead atoms. The van der Waals surface area contributed by atoms with E-state index in [1.54, 1.807) is 22.7 Å². The van der Waals surface area contributed by atoms with Crippen LogP contribution in [0.5, 0.6) is 0 Å². The predicted molar refractivity (Wildman–Crippen MR) is 149 cm³/mol. The van der Waals surface area contributed by atoms with Crippen molar-refractivity contribution >= 4 is 11.8 Å². The van der Waals surface area contributed by atoms with Crippen molar-refractivity contribution in [3.05, 3.63) is 84.2 Å². The van der Waals surface area contributed by atoms with Crippen LogP contribution in [0.25, 0.3) is 16.9 Å². The smallest absolute Gasteiger partial charge is 0.320 e. The van der Waals surface area contributed by atoms with Crippen LogP contribution in [0.4, 0.5) is 15.0 Å². The van der Waals surface area contributed by atoms with Crippen LogP contribution in [-0.4, -0.2) is 76.1 Å². The van der Waals surface area contributed by atoms with Crippen molar-refractivity contribution in [3.63, 3.8) is 0 Å². The number of para-hydroxylation sites is 1. The third-order valence-electron chi connectivity index (χ3n) is 7.32. The topological polar surface area (TPSA) is 89.2 Å². The Morgan fingerprint density at radius 1 is 1.13 bits per heavy atom. The minimum absolute atomic E-state index is 0.204. The first kappa shape index (κ1) is 26.6. The zero-order valence-electron chi connectivity index (χ0n) is 22.4. The number of carbonyl (C=O) groups is 1. The molecule has 0 aliphatic carbocycles. The predicted octanol–water partition coefficient (Wildman–Crippen LogP) is 4.16. The van der Waals surface area contributed by atoms with Crippen LogP contribution < -0.4 is 10.6 Å². The fraction of sp³-hybridized carbons (Fsp3) is 0.345. The van der Waals surface area contributed by atoms with Crippen molar-refractivity contribution in [1.29, 1.82) is 0 Å². The summed E-state index contributed by atoms with van der Waals surface area (Å²) in [6.45, 7) is 3.00. The molecule has 2 aromatic carbocycles. The molecule has 2 amide bonds. The minimum Gasteiger partial charge on any atom is -0.383 e. The lowest BCUT2D eigenvalue weighted by Crippen LogP contribution is -2.43. The van der Waals surface area contributed by atoms with Gasteiger partial charge >= 0.3 is 6.03 Å². The second kappa shape index (κ2) is 11.8. The number of hydrogen-bond acceptors (Lipinski definition) is 5. The summed E-state index contributed by atoms with van der Waals surface area (Å²) in [5, 5.41) is 15.3. The molecule has 0 unspecified atom stereocenters. The summed E-state index contributed by atoms with van der Waals surface area (Å²) in [6, 6.07) is 18.4. The SMILES string of the molecule is COCCN1C[C@@H](NC(=O)Nc2c(C)c(-c3cnn(C)c3)nn2-c2ccccc2)[C@H](c2ccccc2)[C@H]1CF. The second-order valence-electron chi connectivity index (χ2n) is 9.82. The summed E-state index contributed by atoms with van der Waals surface area (Å²) in [6.07, 6.45) is 3.65. The summed E-state index contributed by atoms with van der Waals surface area (Å²) in [4.78, 5) is 15.6. The van der Waals surface area contributed by atoms with Gasteiger partial charge in [0.2, 0.25) is 0 Å². The Kier molecular flexibility index (Phi) is 8.04. The lowest BCUT2D eigenvalue weighted by Gasteiger charge is -2.26. The maximum Gasteiger partial charge on any atom is 0.320 e. The van der Waals surface area contributed by atoms with Gasteiger partial charge < -0.3 is 10.1 Å². The highest BCUT2D eigenvalue weighted by Gasteiger charge is 2.43. The number of ether oxygens (including phenoxy) is 1. The highest BCUT2D eigenvalue weighted by molar-refractivity contribution is 5.91. The molecule has 5 rings (SSSR count). The molecule has 1 aliphatic heterocycles. The number of nitrogens with one attached hydrogen (secondary N) is 2. The van der Waals surface area contributed by atoms with E-state index in [4.69, 9.17) is 9.84 Å². The Hall–Kier alpha value is -4.02. The van der Waals surface area contributed by atoms with Gasteiger partial charge in [0.05, 0.1) is 24.5 Å². The quantitative estimate of drug-likeness (QED) is 0.339. The van der Waals surface area contributed by atoms with Gasteiger partial charge in [-0.1, -0.05) is 48.5 Å². The molecule has 1 fully saturated rings. The van der Waals surface area contributed by atoms with Crippen LogP contribution in [-0.2, 0) is 11.8 Å². The van der Waals surface area contributed by atoms with E-state index in [0.29, 0.717) is 25.5 Å². The van der Waals surface area contributed by atoms with E-state index in [0.717, 1.165) is 28.1 Å². The summed E-state index contributed by atoms with van der Waals surface area (Å²) in [5.41, 5.74) is 4.21. The molecule has 3 atom stereocenters. The second-order valence-corrected chi connectivity index (χ2v) is 9.82. The highest BCUT2D eigenvalue weighted by atomic mass is 19.1. The maximum atomic E-state index is 14.4. The van der Waals surface area contributed by atoms with Gasteiger partial charge in [0.25, 0.3) is 0 Å². The Labute approximate surface area is 227 Å². The average Bonchev–Trinajstić information content (AvgIpc) is 3.63. The number of aromatic nitrogens is 4. The van der Waals surface area contributed by atoms with Gasteiger partial charge in [-0.25, -0.2) is 13.9 Å². The van der Waals surface area contributed by atoms with Crippen LogP contribution in [0, 0.1) is 6.92 Å². The minimum atomic E-state index is -0.516. The van der Waals surface area contributed by atoms with E-state index >= 15 is 0 Å². The molecule has 0 spiro atoms. The van der Waals surface area contributed by atoms with Gasteiger partial charge in [0.1, 0.15) is 18.2 Å². The molecule has 2 aromatic heterocycles.